The van der Waals surface area contributed by atoms with Crippen molar-refractivity contribution < 1.29 is 9.63 Å². The molecule has 1 fully saturated rings. The highest BCUT2D eigenvalue weighted by atomic mass is 16.7. The molecule has 0 aromatic carbocycles. The molecule has 1 saturated heterocycles. The molecule has 0 saturated carbocycles. The summed E-state index contributed by atoms with van der Waals surface area (Å²) in [5.41, 5.74) is 0. The fourth-order valence-corrected chi connectivity index (χ4v) is 0.543. The van der Waals surface area contributed by atoms with Gasteiger partial charge in [0.15, 0.2) is 0 Å². The Bertz CT molecular complexity index is 122. The molecule has 0 radical (unpaired) electrons. The third-order valence-electron chi connectivity index (χ3n) is 1.29. The number of likely N-dealkylation sites (N-methyl/N-ethyl adjacent to an activating group) is 1. The van der Waals surface area contributed by atoms with Gasteiger partial charge in [-0.05, 0) is 0 Å². The Morgan fingerprint density at radius 3 is 2.78 bits per heavy atom. The van der Waals surface area contributed by atoms with Crippen LogP contribution in [0.25, 0.3) is 0 Å². The maximum absolute atomic E-state index is 10.9. The molecule has 52 valence electrons. The molecule has 0 aromatic rings. The van der Waals surface area contributed by atoms with Gasteiger partial charge in [0.2, 0.25) is 0 Å². The average molecular weight is 130 g/mol. The number of hydrogen-bond acceptors (Lipinski definition) is 3. The Kier molecular flexibility index (Phi) is 1.68. The van der Waals surface area contributed by atoms with Gasteiger partial charge in [-0.25, -0.2) is 5.06 Å². The van der Waals surface area contributed by atoms with E-state index in [0.717, 1.165) is 6.54 Å². The van der Waals surface area contributed by atoms with E-state index >= 15 is 0 Å². The predicted molar refractivity (Wildman–Crippen MR) is 31.6 cm³/mol. The molecule has 1 aliphatic rings. The van der Waals surface area contributed by atoms with Crippen LogP contribution in [0.4, 0.5) is 0 Å². The predicted octanol–water partition coefficient (Wildman–Crippen LogP) is -1.02. The summed E-state index contributed by atoms with van der Waals surface area (Å²) in [6.07, 6.45) is 0. The van der Waals surface area contributed by atoms with Crippen LogP contribution in [0.15, 0.2) is 0 Å². The number of rotatable bonds is 2. The second kappa shape index (κ2) is 2.33. The molecule has 4 nitrogen and oxygen atoms in total. The minimum absolute atomic E-state index is 0.00231. The fraction of sp³-hybridized carbons (Fsp3) is 0.800. The van der Waals surface area contributed by atoms with Crippen molar-refractivity contribution >= 4 is 5.91 Å². The zero-order valence-corrected chi connectivity index (χ0v) is 5.55. The molecule has 1 aliphatic heterocycles. The van der Waals surface area contributed by atoms with Crippen molar-refractivity contribution in [2.75, 3.05) is 20.7 Å². The maximum Gasteiger partial charge on any atom is 0.264 e. The van der Waals surface area contributed by atoms with Crippen LogP contribution >= 0.6 is 0 Å². The van der Waals surface area contributed by atoms with Gasteiger partial charge in [-0.1, -0.05) is 0 Å². The van der Waals surface area contributed by atoms with E-state index in [1.807, 2.05) is 0 Å². The van der Waals surface area contributed by atoms with Crippen molar-refractivity contribution in [3.63, 3.8) is 0 Å². The zero-order chi connectivity index (χ0) is 6.85. The summed E-state index contributed by atoms with van der Waals surface area (Å²) in [6, 6.07) is 0.00921. The van der Waals surface area contributed by atoms with E-state index in [0.29, 0.717) is 0 Å². The topological polar surface area (TPSA) is 51.5 Å². The quantitative estimate of drug-likeness (QED) is 0.384. The van der Waals surface area contributed by atoms with Crippen LogP contribution in [0.2, 0.25) is 0 Å². The molecule has 1 N–H and O–H groups in total. The lowest BCUT2D eigenvalue weighted by atomic mass is 10.4. The van der Waals surface area contributed by atoms with Gasteiger partial charge in [-0.3, -0.25) is 9.63 Å². The first-order chi connectivity index (χ1) is 4.25. The van der Waals surface area contributed by atoms with E-state index < -0.39 is 0 Å². The van der Waals surface area contributed by atoms with E-state index in [-0.39, 0.29) is 11.9 Å². The second-order valence-electron chi connectivity index (χ2n) is 1.98. The van der Waals surface area contributed by atoms with Crippen LogP contribution in [0.1, 0.15) is 0 Å². The van der Waals surface area contributed by atoms with E-state index in [9.17, 15) is 4.79 Å². The van der Waals surface area contributed by atoms with Gasteiger partial charge in [0.1, 0.15) is 6.04 Å². The highest BCUT2D eigenvalue weighted by Gasteiger charge is 2.31. The van der Waals surface area contributed by atoms with Crippen molar-refractivity contribution in [2.45, 2.75) is 6.04 Å². The first-order valence-corrected chi connectivity index (χ1v) is 2.80. The molecule has 0 unspecified atom stereocenters. The van der Waals surface area contributed by atoms with Crippen molar-refractivity contribution in [2.24, 2.45) is 0 Å². The molecule has 0 bridgehead atoms. The number of carbonyl (C=O) groups excluding carboxylic acids is 1. The smallest absolute Gasteiger partial charge is 0.264 e. The number of nitrogens with one attached hydrogen (secondary N) is 1. The van der Waals surface area contributed by atoms with Crippen molar-refractivity contribution in [1.82, 2.24) is 10.4 Å². The maximum atomic E-state index is 10.9. The third kappa shape index (κ3) is 1.40. The van der Waals surface area contributed by atoms with E-state index in [4.69, 9.17) is 0 Å². The minimum Gasteiger partial charge on any atom is -0.303 e. The van der Waals surface area contributed by atoms with Gasteiger partial charge in [0.25, 0.3) is 5.91 Å². The minimum atomic E-state index is -0.00231. The number of carbonyl (C=O) groups is 1. The van der Waals surface area contributed by atoms with Crippen LogP contribution in [0, 0.1) is 0 Å². The summed E-state index contributed by atoms with van der Waals surface area (Å²) < 4.78 is 0. The Morgan fingerprint density at radius 1 is 1.89 bits per heavy atom. The normalized spacial score (nSPS) is 23.6. The van der Waals surface area contributed by atoms with Gasteiger partial charge >= 0.3 is 0 Å². The van der Waals surface area contributed by atoms with Crippen molar-refractivity contribution in [3.8, 4) is 0 Å². The first-order valence-electron chi connectivity index (χ1n) is 2.80. The number of hydroxylamine groups is 2. The highest BCUT2D eigenvalue weighted by Crippen LogP contribution is 2.00. The van der Waals surface area contributed by atoms with Gasteiger partial charge in [0.05, 0.1) is 7.11 Å². The fourth-order valence-electron chi connectivity index (χ4n) is 0.543. The van der Waals surface area contributed by atoms with Gasteiger partial charge in [-0.2, -0.15) is 0 Å². The monoisotopic (exact) mass is 130 g/mol. The molecule has 4 heteroatoms. The standard InChI is InChI=1S/C5H10N2O2/c1-7(9-2)5(8)4-3-6-4/h4,6H,3H2,1-2H3/t4-/m0/s1. The van der Waals surface area contributed by atoms with Gasteiger partial charge in [-0.15, -0.1) is 0 Å². The second-order valence-corrected chi connectivity index (χ2v) is 1.98. The lowest BCUT2D eigenvalue weighted by molar-refractivity contribution is -0.167. The SMILES string of the molecule is CON(C)C(=O)[C@@H]1CN1. The highest BCUT2D eigenvalue weighted by molar-refractivity contribution is 5.83. The molecular formula is C5H10N2O2. The number of nitrogens with zero attached hydrogens (tertiary/aromatic N) is 1. The zero-order valence-electron chi connectivity index (χ0n) is 5.55. The number of amides is 1. The van der Waals surface area contributed by atoms with Gasteiger partial charge in [0, 0.05) is 13.6 Å². The molecule has 0 aliphatic carbocycles. The molecule has 1 atom stereocenters. The Hall–Kier alpha value is -0.610. The first kappa shape index (κ1) is 6.51. The Labute approximate surface area is 53.7 Å². The molecule has 0 aromatic heterocycles. The van der Waals surface area contributed by atoms with Crippen LogP contribution in [0.5, 0.6) is 0 Å². The summed E-state index contributed by atoms with van der Waals surface area (Å²) in [6.45, 7) is 0.784. The van der Waals surface area contributed by atoms with Crippen molar-refractivity contribution in [3.05, 3.63) is 0 Å². The number of hydrogen-bond donors (Lipinski definition) is 1. The van der Waals surface area contributed by atoms with E-state index in [1.165, 1.54) is 12.2 Å². The molecule has 1 rings (SSSR count). The lowest BCUT2D eigenvalue weighted by Gasteiger charge is -2.11. The molecular weight excluding hydrogens is 120 g/mol. The van der Waals surface area contributed by atoms with Crippen LogP contribution < -0.4 is 5.32 Å². The molecule has 9 heavy (non-hydrogen) atoms. The van der Waals surface area contributed by atoms with Crippen LogP contribution in [-0.2, 0) is 9.63 Å². The summed E-state index contributed by atoms with van der Waals surface area (Å²) in [5.74, 6) is -0.00231. The Morgan fingerprint density at radius 2 is 2.44 bits per heavy atom. The average Bonchev–Trinajstić information content (AvgIpc) is 2.66. The lowest BCUT2D eigenvalue weighted by Crippen LogP contribution is -2.30. The van der Waals surface area contributed by atoms with E-state index in [1.54, 1.807) is 7.05 Å². The molecule has 0 spiro atoms. The summed E-state index contributed by atoms with van der Waals surface area (Å²) >= 11 is 0. The van der Waals surface area contributed by atoms with Gasteiger partial charge < -0.3 is 5.32 Å². The summed E-state index contributed by atoms with van der Waals surface area (Å²) in [7, 11) is 3.07. The molecule has 1 heterocycles. The van der Waals surface area contributed by atoms with E-state index in [2.05, 4.69) is 10.2 Å². The largest absolute Gasteiger partial charge is 0.303 e. The Balaban J connectivity index is 2.31. The van der Waals surface area contributed by atoms with Crippen LogP contribution in [0.3, 0.4) is 0 Å². The molecule has 1 amide bonds. The third-order valence-corrected chi connectivity index (χ3v) is 1.29. The summed E-state index contributed by atoms with van der Waals surface area (Å²) in [5, 5.41) is 4.11. The van der Waals surface area contributed by atoms with Crippen LogP contribution in [-0.4, -0.2) is 37.7 Å². The summed E-state index contributed by atoms with van der Waals surface area (Å²) in [4.78, 5) is 15.5. The van der Waals surface area contributed by atoms with Crippen molar-refractivity contribution in [1.29, 1.82) is 0 Å².